The van der Waals surface area contributed by atoms with Crippen molar-refractivity contribution < 1.29 is 52.7 Å². The van der Waals surface area contributed by atoms with Crippen molar-refractivity contribution in [2.75, 3.05) is 81.6 Å². The van der Waals surface area contributed by atoms with Crippen molar-refractivity contribution in [3.05, 3.63) is 0 Å². The van der Waals surface area contributed by atoms with Crippen molar-refractivity contribution in [3.8, 4) is 0 Å². The molecule has 2 aliphatic heterocycles. The summed E-state index contributed by atoms with van der Waals surface area (Å²) in [6.45, 7) is 6.91. The van der Waals surface area contributed by atoms with Gasteiger partial charge in [-0.1, -0.05) is 59.8 Å². The van der Waals surface area contributed by atoms with Crippen LogP contribution in [0.3, 0.4) is 0 Å². The second-order valence-corrected chi connectivity index (χ2v) is 20.5. The summed E-state index contributed by atoms with van der Waals surface area (Å²) in [7, 11) is 8.54. The summed E-state index contributed by atoms with van der Waals surface area (Å²) in [4.78, 5) is 159. The van der Waals surface area contributed by atoms with Crippen molar-refractivity contribution in [1.82, 2.24) is 55.6 Å². The van der Waals surface area contributed by atoms with Gasteiger partial charge >= 0.3 is 0 Å². The third kappa shape index (κ3) is 14.6. The fourth-order valence-electron chi connectivity index (χ4n) is 9.52. The maximum atomic E-state index is 14.6. The maximum Gasteiger partial charge on any atom is 0.248 e. The highest BCUT2D eigenvalue weighted by atomic mass is 16.2. The van der Waals surface area contributed by atoms with E-state index in [0.29, 0.717) is 51.4 Å². The summed E-state index contributed by atoms with van der Waals surface area (Å²) in [5.41, 5.74) is -1.35. The van der Waals surface area contributed by atoms with Crippen LogP contribution in [0.5, 0.6) is 0 Å². The van der Waals surface area contributed by atoms with Gasteiger partial charge in [0.2, 0.25) is 65.0 Å². The molecule has 1 spiro atoms. The monoisotopic (exact) mass is 986 g/mol. The third-order valence-electron chi connectivity index (χ3n) is 14.4. The lowest BCUT2D eigenvalue weighted by Crippen LogP contribution is -2.64. The van der Waals surface area contributed by atoms with Gasteiger partial charge in [-0.25, -0.2) is 0 Å². The minimum Gasteiger partial charge on any atom is -0.351 e. The molecule has 392 valence electrons. The number of hydrogen-bond donors (Lipinski definition) is 4. The maximum absolute atomic E-state index is 14.6. The number of fused-ring (bicyclic) bond motifs is 1. The van der Waals surface area contributed by atoms with Crippen molar-refractivity contribution in [3.63, 3.8) is 0 Å². The van der Waals surface area contributed by atoms with Crippen LogP contribution in [0.1, 0.15) is 105 Å². The largest absolute Gasteiger partial charge is 0.351 e. The lowest BCUT2D eigenvalue weighted by molar-refractivity contribution is -0.149. The molecule has 4 N–H and O–H groups in total. The van der Waals surface area contributed by atoms with Crippen LogP contribution in [0, 0.1) is 17.8 Å². The molecule has 0 aromatic heterocycles. The van der Waals surface area contributed by atoms with Crippen molar-refractivity contribution in [2.24, 2.45) is 17.8 Å². The molecule has 2 aliphatic carbocycles. The van der Waals surface area contributed by atoms with Gasteiger partial charge in [-0.2, -0.15) is 0 Å². The molecule has 70 heavy (non-hydrogen) atoms. The van der Waals surface area contributed by atoms with Gasteiger partial charge in [0.25, 0.3) is 0 Å². The highest BCUT2D eigenvalue weighted by molar-refractivity contribution is 5.98. The van der Waals surface area contributed by atoms with Crippen LogP contribution in [0.2, 0.25) is 0 Å². The zero-order chi connectivity index (χ0) is 52.4. The molecular weight excluding hydrogens is 907 g/mol. The number of nitrogens with zero attached hydrogens (tertiary/aromatic N) is 7. The first-order valence-electron chi connectivity index (χ1n) is 24.8. The first kappa shape index (κ1) is 56.8. The van der Waals surface area contributed by atoms with Gasteiger partial charge in [0, 0.05) is 61.3 Å². The zero-order valence-corrected chi connectivity index (χ0v) is 43.3. The van der Waals surface area contributed by atoms with Gasteiger partial charge in [-0.3, -0.25) is 52.7 Å². The number of nitrogens with one attached hydrogen (secondary N) is 4. The Balaban J connectivity index is 1.62. The van der Waals surface area contributed by atoms with Gasteiger partial charge in [-0.15, -0.1) is 0 Å². The molecule has 0 aromatic carbocycles. The molecule has 0 bridgehead atoms. The molecule has 0 aromatic rings. The fourth-order valence-corrected chi connectivity index (χ4v) is 9.52. The molecule has 22 nitrogen and oxygen atoms in total. The summed E-state index contributed by atoms with van der Waals surface area (Å²) >= 11 is 0. The van der Waals surface area contributed by atoms with Crippen LogP contribution < -0.4 is 21.3 Å². The summed E-state index contributed by atoms with van der Waals surface area (Å²) in [5, 5.41) is 11.3. The van der Waals surface area contributed by atoms with Gasteiger partial charge < -0.3 is 55.6 Å². The molecule has 2 saturated carbocycles. The topological polar surface area (TPSA) is 259 Å². The van der Waals surface area contributed by atoms with E-state index >= 15 is 0 Å². The smallest absolute Gasteiger partial charge is 0.248 e. The molecule has 2 saturated heterocycles. The van der Waals surface area contributed by atoms with E-state index in [2.05, 4.69) is 21.3 Å². The quantitative estimate of drug-likeness (QED) is 0.257. The number of carbonyl (C=O) groups is 11. The second-order valence-electron chi connectivity index (χ2n) is 20.5. The molecule has 2 heterocycles. The van der Waals surface area contributed by atoms with E-state index in [-0.39, 0.29) is 24.8 Å². The van der Waals surface area contributed by atoms with Gasteiger partial charge in [0.15, 0.2) is 0 Å². The van der Waals surface area contributed by atoms with Gasteiger partial charge in [0.05, 0.1) is 32.7 Å². The number of hydrogen-bond acceptors (Lipinski definition) is 11. The summed E-state index contributed by atoms with van der Waals surface area (Å²) < 4.78 is 0. The molecular formula is C48H79N11O11. The fraction of sp³-hybridized carbons (Fsp3) is 0.771. The normalized spacial score (nSPS) is 27.5. The Hall–Kier alpha value is -5.83. The Morgan fingerprint density at radius 1 is 0.629 bits per heavy atom. The zero-order valence-electron chi connectivity index (χ0n) is 43.3. The van der Waals surface area contributed by atoms with E-state index < -0.39 is 139 Å². The van der Waals surface area contributed by atoms with Crippen LogP contribution in [0.15, 0.2) is 0 Å². The van der Waals surface area contributed by atoms with Crippen LogP contribution >= 0.6 is 0 Å². The summed E-state index contributed by atoms with van der Waals surface area (Å²) in [6, 6.07) is -4.66. The van der Waals surface area contributed by atoms with E-state index in [1.54, 1.807) is 27.7 Å². The Bertz CT molecular complexity index is 1990. The molecule has 11 amide bonds. The summed E-state index contributed by atoms with van der Waals surface area (Å²) in [5.74, 6) is -6.58. The van der Waals surface area contributed by atoms with E-state index in [1.807, 2.05) is 6.92 Å². The van der Waals surface area contributed by atoms with Crippen molar-refractivity contribution >= 4 is 65.0 Å². The number of amides is 11. The standard InChI is InChI=1S/C48H79N11O11/c1-12-30(4)41-46(69)56(9)28-40(65)55(8)27-39(64)54(7)26-38(63)53(6)25-35(60)49-24-37(62)59-21-15-16-33(59)44(67)52-48(19-13-14-20-48)47(70)58(11)42(29(2)3)45(68)50-31(5)22-36(61)57(10)34(43(66)51-41)23-32-17-18-32/h29-34,41-42H,12-28H2,1-11H3,(H,49,60)(H,50,68)(H,51,66)(H,52,67)/t30-,31?,33?,34?,41?,42?/m0/s1. The minimum absolute atomic E-state index is 0.183. The predicted molar refractivity (Wildman–Crippen MR) is 257 cm³/mol. The van der Waals surface area contributed by atoms with Crippen LogP contribution in [-0.2, 0) is 52.7 Å². The third-order valence-corrected chi connectivity index (χ3v) is 14.4. The van der Waals surface area contributed by atoms with E-state index in [9.17, 15) is 52.7 Å². The number of rotatable bonds is 5. The van der Waals surface area contributed by atoms with E-state index in [4.69, 9.17) is 0 Å². The van der Waals surface area contributed by atoms with E-state index in [1.165, 1.54) is 61.9 Å². The molecule has 4 aliphatic rings. The van der Waals surface area contributed by atoms with E-state index in [0.717, 1.165) is 27.5 Å². The lowest BCUT2D eigenvalue weighted by Gasteiger charge is -2.39. The molecule has 6 atom stereocenters. The Labute approximate surface area is 412 Å². The first-order valence-corrected chi connectivity index (χ1v) is 24.8. The number of carbonyl (C=O) groups excluding carboxylic acids is 11. The van der Waals surface area contributed by atoms with Crippen LogP contribution in [0.4, 0.5) is 0 Å². The van der Waals surface area contributed by atoms with Crippen LogP contribution in [-0.4, -0.2) is 217 Å². The lowest BCUT2D eigenvalue weighted by atomic mass is 9.92. The van der Waals surface area contributed by atoms with Crippen LogP contribution in [0.25, 0.3) is 0 Å². The number of likely N-dealkylation sites (N-methyl/N-ethyl adjacent to an activating group) is 6. The Morgan fingerprint density at radius 2 is 1.19 bits per heavy atom. The average Bonchev–Trinajstić information content (AvgIpc) is 3.75. The Kier molecular flexibility index (Phi) is 20.1. The average molecular weight is 986 g/mol. The minimum atomic E-state index is -1.35. The molecule has 4 fully saturated rings. The molecule has 5 unspecified atom stereocenters. The van der Waals surface area contributed by atoms with Crippen molar-refractivity contribution in [1.29, 1.82) is 0 Å². The molecule has 22 heteroatoms. The summed E-state index contributed by atoms with van der Waals surface area (Å²) in [6.07, 6.45) is 5.14. The Morgan fingerprint density at radius 3 is 1.73 bits per heavy atom. The van der Waals surface area contributed by atoms with Gasteiger partial charge in [0.1, 0.15) is 29.7 Å². The highest BCUT2D eigenvalue weighted by Crippen LogP contribution is 2.35. The first-order chi connectivity index (χ1) is 32.8. The second kappa shape index (κ2) is 24.8. The van der Waals surface area contributed by atoms with Gasteiger partial charge in [-0.05, 0) is 56.8 Å². The van der Waals surface area contributed by atoms with Crippen molar-refractivity contribution in [2.45, 2.75) is 141 Å². The molecule has 0 radical (unpaired) electrons. The predicted octanol–water partition coefficient (Wildman–Crippen LogP) is -1.09. The SMILES string of the molecule is CC[C@H](C)C1NC(=O)C(CC2CC2)N(C)C(=O)CC(C)NC(=O)C(C(C)C)N(C)C(=O)C2(CCCC2)NC(=O)C2CCCN2C(=O)CNC(=O)CN(C)C(=O)CN(C)C(=O)CN(C)C(=O)CN(C)C1=O. The highest BCUT2D eigenvalue weighted by Gasteiger charge is 2.49. The molecule has 4 rings (SSSR count).